The zero-order chi connectivity index (χ0) is 19.9. The second-order valence-corrected chi connectivity index (χ2v) is 7.05. The van der Waals surface area contributed by atoms with Crippen LogP contribution in [0.2, 0.25) is 0 Å². The van der Waals surface area contributed by atoms with Crippen LogP contribution >= 0.6 is 0 Å². The van der Waals surface area contributed by atoms with Gasteiger partial charge in [0, 0.05) is 33.4 Å². The summed E-state index contributed by atoms with van der Waals surface area (Å²) >= 11 is 0. The predicted octanol–water partition coefficient (Wildman–Crippen LogP) is 3.68. The molecule has 0 saturated heterocycles. The molecule has 0 radical (unpaired) electrons. The fraction of sp³-hybridized carbons (Fsp3) is 0.261. The SMILES string of the molecule is CN(Cc1ccc(N(C)C)cc1)C(=O)CN[C@@H](c1ccccc1)c1ccco1. The molecule has 1 amide bonds. The summed E-state index contributed by atoms with van der Waals surface area (Å²) in [4.78, 5) is 16.4. The van der Waals surface area contributed by atoms with Crippen molar-refractivity contribution >= 4 is 11.6 Å². The molecule has 0 unspecified atom stereocenters. The number of likely N-dealkylation sites (N-methyl/N-ethyl adjacent to an activating group) is 1. The number of amides is 1. The minimum Gasteiger partial charge on any atom is -0.467 e. The molecule has 0 aliphatic carbocycles. The minimum atomic E-state index is -0.159. The third-order valence-electron chi connectivity index (χ3n) is 4.72. The summed E-state index contributed by atoms with van der Waals surface area (Å²) in [6, 6.07) is 21.9. The molecular weight excluding hydrogens is 350 g/mol. The lowest BCUT2D eigenvalue weighted by molar-refractivity contribution is -0.129. The molecule has 0 aliphatic rings. The quantitative estimate of drug-likeness (QED) is 0.651. The number of anilines is 1. The summed E-state index contributed by atoms with van der Waals surface area (Å²) < 4.78 is 5.58. The maximum absolute atomic E-state index is 12.7. The summed E-state index contributed by atoms with van der Waals surface area (Å²) in [7, 11) is 5.85. The van der Waals surface area contributed by atoms with E-state index in [2.05, 4.69) is 34.5 Å². The number of benzene rings is 2. The number of hydrogen-bond donors (Lipinski definition) is 1. The summed E-state index contributed by atoms with van der Waals surface area (Å²) in [5.41, 5.74) is 3.31. The van der Waals surface area contributed by atoms with Gasteiger partial charge in [0.15, 0.2) is 0 Å². The largest absolute Gasteiger partial charge is 0.467 e. The van der Waals surface area contributed by atoms with Crippen LogP contribution < -0.4 is 10.2 Å². The minimum absolute atomic E-state index is 0.0316. The highest BCUT2D eigenvalue weighted by molar-refractivity contribution is 5.78. The van der Waals surface area contributed by atoms with Gasteiger partial charge in [0.1, 0.15) is 5.76 Å². The van der Waals surface area contributed by atoms with Crippen LogP contribution in [-0.4, -0.2) is 38.5 Å². The van der Waals surface area contributed by atoms with Crippen molar-refractivity contribution in [3.05, 3.63) is 89.9 Å². The van der Waals surface area contributed by atoms with E-state index in [1.807, 2.05) is 63.6 Å². The van der Waals surface area contributed by atoms with Gasteiger partial charge < -0.3 is 14.2 Å². The Balaban J connectivity index is 1.61. The number of rotatable bonds is 8. The predicted molar refractivity (Wildman–Crippen MR) is 112 cm³/mol. The van der Waals surface area contributed by atoms with Crippen LogP contribution in [0.25, 0.3) is 0 Å². The highest BCUT2D eigenvalue weighted by Gasteiger charge is 2.18. The molecule has 3 aromatic rings. The fourth-order valence-electron chi connectivity index (χ4n) is 3.07. The van der Waals surface area contributed by atoms with Gasteiger partial charge in [0.25, 0.3) is 0 Å². The van der Waals surface area contributed by atoms with Crippen molar-refractivity contribution in [3.63, 3.8) is 0 Å². The average molecular weight is 377 g/mol. The third-order valence-corrected chi connectivity index (χ3v) is 4.72. The molecule has 1 atom stereocenters. The summed E-state index contributed by atoms with van der Waals surface area (Å²) in [5, 5.41) is 3.34. The van der Waals surface area contributed by atoms with Gasteiger partial charge in [-0.05, 0) is 35.4 Å². The highest BCUT2D eigenvalue weighted by Crippen LogP contribution is 2.22. The third kappa shape index (κ3) is 5.02. The molecule has 3 rings (SSSR count). The van der Waals surface area contributed by atoms with Crippen LogP contribution in [0.15, 0.2) is 77.4 Å². The average Bonchev–Trinajstić information content (AvgIpc) is 3.23. The monoisotopic (exact) mass is 377 g/mol. The molecule has 0 spiro atoms. The van der Waals surface area contributed by atoms with Crippen molar-refractivity contribution < 1.29 is 9.21 Å². The van der Waals surface area contributed by atoms with Crippen LogP contribution in [0, 0.1) is 0 Å². The van der Waals surface area contributed by atoms with E-state index >= 15 is 0 Å². The van der Waals surface area contributed by atoms with Crippen LogP contribution in [0.3, 0.4) is 0 Å². The molecule has 1 heterocycles. The van der Waals surface area contributed by atoms with E-state index in [1.165, 1.54) is 0 Å². The van der Waals surface area contributed by atoms with Crippen LogP contribution in [0.4, 0.5) is 5.69 Å². The molecule has 5 heteroatoms. The number of hydrogen-bond acceptors (Lipinski definition) is 4. The van der Waals surface area contributed by atoms with E-state index in [0.29, 0.717) is 6.54 Å². The van der Waals surface area contributed by atoms with Crippen molar-refractivity contribution in [2.75, 3.05) is 32.6 Å². The number of carbonyl (C=O) groups is 1. The Hall–Kier alpha value is -3.05. The number of nitrogens with one attached hydrogen (secondary N) is 1. The van der Waals surface area contributed by atoms with E-state index in [1.54, 1.807) is 11.2 Å². The fourth-order valence-corrected chi connectivity index (χ4v) is 3.07. The lowest BCUT2D eigenvalue weighted by Gasteiger charge is -2.21. The van der Waals surface area contributed by atoms with Crippen molar-refractivity contribution in [1.82, 2.24) is 10.2 Å². The molecule has 1 aromatic heterocycles. The van der Waals surface area contributed by atoms with Gasteiger partial charge in [-0.2, -0.15) is 0 Å². The first-order valence-corrected chi connectivity index (χ1v) is 9.36. The first-order valence-electron chi connectivity index (χ1n) is 9.36. The topological polar surface area (TPSA) is 48.7 Å². The highest BCUT2D eigenvalue weighted by atomic mass is 16.3. The van der Waals surface area contributed by atoms with E-state index in [4.69, 9.17) is 4.42 Å². The van der Waals surface area contributed by atoms with Crippen molar-refractivity contribution in [3.8, 4) is 0 Å². The van der Waals surface area contributed by atoms with Gasteiger partial charge >= 0.3 is 0 Å². The number of carbonyl (C=O) groups excluding carboxylic acids is 1. The standard InChI is InChI=1S/C23H27N3O2/c1-25(2)20-13-11-18(12-14-20)17-26(3)22(27)16-24-23(21-10-7-15-28-21)19-8-5-4-6-9-19/h4-15,23-24H,16-17H2,1-3H3/t23-/m0/s1. The zero-order valence-electron chi connectivity index (χ0n) is 16.6. The van der Waals surface area contributed by atoms with Crippen LogP contribution in [0.1, 0.15) is 22.9 Å². The first kappa shape index (κ1) is 19.7. The second-order valence-electron chi connectivity index (χ2n) is 7.05. The van der Waals surface area contributed by atoms with Gasteiger partial charge in [-0.15, -0.1) is 0 Å². The van der Waals surface area contributed by atoms with Crippen molar-refractivity contribution in [2.45, 2.75) is 12.6 Å². The Morgan fingerprint density at radius 2 is 1.68 bits per heavy atom. The number of furan rings is 1. The molecule has 28 heavy (non-hydrogen) atoms. The van der Waals surface area contributed by atoms with E-state index < -0.39 is 0 Å². The summed E-state index contributed by atoms with van der Waals surface area (Å²) in [6.45, 7) is 0.803. The molecule has 5 nitrogen and oxygen atoms in total. The summed E-state index contributed by atoms with van der Waals surface area (Å²) in [5.74, 6) is 0.824. The zero-order valence-corrected chi connectivity index (χ0v) is 16.6. The molecular formula is C23H27N3O2. The summed E-state index contributed by atoms with van der Waals surface area (Å²) in [6.07, 6.45) is 1.65. The smallest absolute Gasteiger partial charge is 0.236 e. The number of nitrogens with zero attached hydrogens (tertiary/aromatic N) is 2. The van der Waals surface area contributed by atoms with Gasteiger partial charge in [0.05, 0.1) is 18.8 Å². The maximum atomic E-state index is 12.7. The van der Waals surface area contributed by atoms with E-state index in [-0.39, 0.29) is 18.5 Å². The first-order chi connectivity index (χ1) is 13.5. The Morgan fingerprint density at radius 1 is 0.964 bits per heavy atom. The van der Waals surface area contributed by atoms with Crippen molar-refractivity contribution in [2.24, 2.45) is 0 Å². The van der Waals surface area contributed by atoms with E-state index in [9.17, 15) is 4.79 Å². The molecule has 0 bridgehead atoms. The van der Waals surface area contributed by atoms with Gasteiger partial charge in [-0.1, -0.05) is 42.5 Å². The lowest BCUT2D eigenvalue weighted by atomic mass is 10.0. The second kappa shape index (κ2) is 9.24. The van der Waals surface area contributed by atoms with Crippen LogP contribution in [0.5, 0.6) is 0 Å². The van der Waals surface area contributed by atoms with Gasteiger partial charge in [0.2, 0.25) is 5.91 Å². The Bertz CT molecular complexity index is 859. The van der Waals surface area contributed by atoms with Gasteiger partial charge in [-0.25, -0.2) is 0 Å². The van der Waals surface area contributed by atoms with E-state index in [0.717, 1.165) is 22.6 Å². The molecule has 0 fully saturated rings. The Labute approximate surface area is 166 Å². The molecule has 2 aromatic carbocycles. The Morgan fingerprint density at radius 3 is 2.29 bits per heavy atom. The van der Waals surface area contributed by atoms with Crippen molar-refractivity contribution in [1.29, 1.82) is 0 Å². The van der Waals surface area contributed by atoms with Gasteiger partial charge in [-0.3, -0.25) is 10.1 Å². The van der Waals surface area contributed by atoms with Crippen LogP contribution in [-0.2, 0) is 11.3 Å². The molecule has 0 saturated carbocycles. The molecule has 0 aliphatic heterocycles. The maximum Gasteiger partial charge on any atom is 0.236 e. The molecule has 146 valence electrons. The normalized spacial score (nSPS) is 11.8. The molecule has 1 N–H and O–H groups in total. The lowest BCUT2D eigenvalue weighted by Crippen LogP contribution is -2.37. The Kier molecular flexibility index (Phi) is 6.50.